The second-order valence-corrected chi connectivity index (χ2v) is 11.7. The molecule has 3 aliphatic rings. The highest BCUT2D eigenvalue weighted by Crippen LogP contribution is 2.29. The van der Waals surface area contributed by atoms with Gasteiger partial charge in [-0.25, -0.2) is 8.42 Å². The molecule has 8 heteroatoms. The molecule has 1 amide bonds. The van der Waals surface area contributed by atoms with Gasteiger partial charge in [-0.2, -0.15) is 9.57 Å². The van der Waals surface area contributed by atoms with E-state index in [1.54, 1.807) is 10.4 Å². The van der Waals surface area contributed by atoms with Gasteiger partial charge in [0.25, 0.3) is 0 Å². The molecular formula is C27H32N4O3S. The molecule has 0 radical (unpaired) electrons. The van der Waals surface area contributed by atoms with E-state index in [2.05, 4.69) is 11.0 Å². The Kier molecular flexibility index (Phi) is 6.81. The summed E-state index contributed by atoms with van der Waals surface area (Å²) >= 11 is 0. The molecule has 1 aliphatic carbocycles. The summed E-state index contributed by atoms with van der Waals surface area (Å²) in [6.07, 6.45) is 5.10. The largest absolute Gasteiger partial charge is 0.370 e. The third-order valence-electron chi connectivity index (χ3n) is 7.68. The lowest BCUT2D eigenvalue weighted by atomic mass is 9.96. The summed E-state index contributed by atoms with van der Waals surface area (Å²) in [5, 5.41) is 9.01. The molecule has 0 bridgehead atoms. The van der Waals surface area contributed by atoms with Crippen molar-refractivity contribution in [3.05, 3.63) is 59.2 Å². The van der Waals surface area contributed by atoms with Gasteiger partial charge in [-0.05, 0) is 86.1 Å². The Labute approximate surface area is 208 Å². The fourth-order valence-electron chi connectivity index (χ4n) is 5.60. The number of hydrogen-bond acceptors (Lipinski definition) is 5. The molecule has 0 unspecified atom stereocenters. The lowest BCUT2D eigenvalue weighted by Crippen LogP contribution is -2.45. The van der Waals surface area contributed by atoms with E-state index in [4.69, 9.17) is 5.26 Å². The van der Waals surface area contributed by atoms with E-state index >= 15 is 0 Å². The van der Waals surface area contributed by atoms with Gasteiger partial charge in [0.1, 0.15) is 0 Å². The normalized spacial score (nSPS) is 19.7. The van der Waals surface area contributed by atoms with Gasteiger partial charge in [0, 0.05) is 50.9 Å². The van der Waals surface area contributed by atoms with Crippen LogP contribution in [-0.4, -0.2) is 62.8 Å². The molecule has 5 rings (SSSR count). The molecule has 7 nitrogen and oxygen atoms in total. The maximum atomic E-state index is 13.3. The second-order valence-electron chi connectivity index (χ2n) is 9.79. The summed E-state index contributed by atoms with van der Waals surface area (Å²) < 4.78 is 28.0. The van der Waals surface area contributed by atoms with Crippen molar-refractivity contribution >= 4 is 21.6 Å². The molecule has 35 heavy (non-hydrogen) atoms. The maximum Gasteiger partial charge on any atom is 0.243 e. The van der Waals surface area contributed by atoms with E-state index in [0.717, 1.165) is 56.6 Å². The Balaban J connectivity index is 1.17. The number of nitrogens with zero attached hydrogens (tertiary/aromatic N) is 4. The SMILES string of the molecule is N#Cc1ccc(N2CCCN(C(=O)C3CCN(S(=O)(=O)c4ccc5c(c4)CCC5)CC3)CC2)cc1. The highest BCUT2D eigenvalue weighted by Gasteiger charge is 2.34. The molecule has 0 spiro atoms. The molecule has 0 saturated carbocycles. The lowest BCUT2D eigenvalue weighted by Gasteiger charge is -2.33. The Morgan fingerprint density at radius 2 is 1.60 bits per heavy atom. The minimum Gasteiger partial charge on any atom is -0.370 e. The van der Waals surface area contributed by atoms with E-state index in [9.17, 15) is 13.2 Å². The van der Waals surface area contributed by atoms with Gasteiger partial charge in [-0.15, -0.1) is 0 Å². The van der Waals surface area contributed by atoms with Crippen molar-refractivity contribution in [1.82, 2.24) is 9.21 Å². The van der Waals surface area contributed by atoms with Gasteiger partial charge in [-0.1, -0.05) is 6.07 Å². The van der Waals surface area contributed by atoms with Crippen molar-refractivity contribution in [2.24, 2.45) is 5.92 Å². The number of piperidine rings is 1. The number of hydrogen-bond donors (Lipinski definition) is 0. The summed E-state index contributed by atoms with van der Waals surface area (Å²) in [5.41, 5.74) is 4.14. The smallest absolute Gasteiger partial charge is 0.243 e. The Morgan fingerprint density at radius 3 is 2.34 bits per heavy atom. The molecule has 2 aliphatic heterocycles. The first-order valence-electron chi connectivity index (χ1n) is 12.6. The summed E-state index contributed by atoms with van der Waals surface area (Å²) in [6, 6.07) is 15.3. The van der Waals surface area contributed by atoms with Crippen LogP contribution in [0.25, 0.3) is 0 Å². The van der Waals surface area contributed by atoms with Crippen LogP contribution in [-0.2, 0) is 27.7 Å². The van der Waals surface area contributed by atoms with Gasteiger partial charge in [0.05, 0.1) is 16.5 Å². The zero-order valence-electron chi connectivity index (χ0n) is 20.0. The van der Waals surface area contributed by atoms with Gasteiger partial charge < -0.3 is 9.80 Å². The molecule has 0 N–H and O–H groups in total. The third kappa shape index (κ3) is 4.93. The van der Waals surface area contributed by atoms with Crippen molar-refractivity contribution in [3.8, 4) is 6.07 Å². The van der Waals surface area contributed by atoms with Crippen LogP contribution >= 0.6 is 0 Å². The van der Waals surface area contributed by atoms with Crippen LogP contribution in [0.5, 0.6) is 0 Å². The number of anilines is 1. The van der Waals surface area contributed by atoms with Gasteiger partial charge >= 0.3 is 0 Å². The topological polar surface area (TPSA) is 84.7 Å². The van der Waals surface area contributed by atoms with E-state index in [-0.39, 0.29) is 11.8 Å². The summed E-state index contributed by atoms with van der Waals surface area (Å²) in [4.78, 5) is 17.9. The van der Waals surface area contributed by atoms with Crippen molar-refractivity contribution < 1.29 is 13.2 Å². The highest BCUT2D eigenvalue weighted by molar-refractivity contribution is 7.89. The summed E-state index contributed by atoms with van der Waals surface area (Å²) in [5.74, 6) is 0.0317. The highest BCUT2D eigenvalue weighted by atomic mass is 32.2. The molecular weight excluding hydrogens is 460 g/mol. The molecule has 2 saturated heterocycles. The minimum atomic E-state index is -3.52. The van der Waals surface area contributed by atoms with Gasteiger partial charge in [0.2, 0.25) is 15.9 Å². The Morgan fingerprint density at radius 1 is 0.857 bits per heavy atom. The first-order chi connectivity index (χ1) is 17.0. The number of carbonyl (C=O) groups is 1. The number of aryl methyl sites for hydroxylation is 2. The Bertz CT molecular complexity index is 1230. The number of rotatable bonds is 4. The van der Waals surface area contributed by atoms with Crippen LogP contribution < -0.4 is 4.90 Å². The lowest BCUT2D eigenvalue weighted by molar-refractivity contribution is -0.136. The van der Waals surface area contributed by atoms with Crippen molar-refractivity contribution in [1.29, 1.82) is 5.26 Å². The van der Waals surface area contributed by atoms with E-state index in [1.807, 2.05) is 41.3 Å². The summed E-state index contributed by atoms with van der Waals surface area (Å²) in [7, 11) is -3.52. The fourth-order valence-corrected chi connectivity index (χ4v) is 7.12. The number of carbonyl (C=O) groups excluding carboxylic acids is 1. The number of benzene rings is 2. The molecule has 2 aromatic carbocycles. The molecule has 2 heterocycles. The van der Waals surface area contributed by atoms with Crippen LogP contribution in [0, 0.1) is 17.2 Å². The predicted octanol–water partition coefficient (Wildman–Crippen LogP) is 3.19. The molecule has 0 aromatic heterocycles. The van der Waals surface area contributed by atoms with Gasteiger partial charge in [0.15, 0.2) is 0 Å². The number of nitriles is 1. The zero-order chi connectivity index (χ0) is 24.4. The van der Waals surface area contributed by atoms with Crippen LogP contribution in [0.4, 0.5) is 5.69 Å². The molecule has 0 atom stereocenters. The van der Waals surface area contributed by atoms with Crippen molar-refractivity contribution in [3.63, 3.8) is 0 Å². The van der Waals surface area contributed by atoms with Crippen LogP contribution in [0.1, 0.15) is 42.4 Å². The molecule has 2 aromatic rings. The standard InChI is InChI=1S/C27H32N4O3S/c28-20-21-5-8-25(9-6-21)29-13-2-14-30(18-17-29)27(32)23-11-15-31(16-12-23)35(33,34)26-10-7-22-3-1-4-24(22)19-26/h5-10,19,23H,1-4,11-18H2. The molecule has 2 fully saturated rings. The van der Waals surface area contributed by atoms with Crippen molar-refractivity contribution in [2.75, 3.05) is 44.2 Å². The second kappa shape index (κ2) is 10.00. The number of sulfonamides is 1. The zero-order valence-corrected chi connectivity index (χ0v) is 20.8. The predicted molar refractivity (Wildman–Crippen MR) is 135 cm³/mol. The number of fused-ring (bicyclic) bond motifs is 1. The quantitative estimate of drug-likeness (QED) is 0.655. The third-order valence-corrected chi connectivity index (χ3v) is 9.57. The fraction of sp³-hybridized carbons (Fsp3) is 0.481. The maximum absolute atomic E-state index is 13.3. The monoisotopic (exact) mass is 492 g/mol. The van der Waals surface area contributed by atoms with Crippen molar-refractivity contribution in [2.45, 2.75) is 43.4 Å². The number of amides is 1. The van der Waals surface area contributed by atoms with Crippen LogP contribution in [0.2, 0.25) is 0 Å². The molecule has 184 valence electrons. The van der Waals surface area contributed by atoms with E-state index < -0.39 is 10.0 Å². The first-order valence-corrected chi connectivity index (χ1v) is 14.1. The van der Waals surface area contributed by atoms with Crippen LogP contribution in [0.3, 0.4) is 0 Å². The van der Waals surface area contributed by atoms with Gasteiger partial charge in [-0.3, -0.25) is 4.79 Å². The summed E-state index contributed by atoms with van der Waals surface area (Å²) in [6.45, 7) is 3.78. The first kappa shape index (κ1) is 23.8. The Hall–Kier alpha value is -2.89. The van der Waals surface area contributed by atoms with E-state index in [1.165, 1.54) is 5.56 Å². The average Bonchev–Trinajstić information content (AvgIpc) is 3.23. The van der Waals surface area contributed by atoms with E-state index in [0.29, 0.717) is 42.9 Å². The minimum absolute atomic E-state index is 0.122. The van der Waals surface area contributed by atoms with Crippen LogP contribution in [0.15, 0.2) is 47.4 Å². The average molecular weight is 493 g/mol.